The highest BCUT2D eigenvalue weighted by molar-refractivity contribution is 6.20. The molecule has 1 atom stereocenters. The van der Waals surface area contributed by atoms with Gasteiger partial charge in [0.15, 0.2) is 0 Å². The van der Waals surface area contributed by atoms with Crippen LogP contribution in [-0.4, -0.2) is 20.1 Å². The molecule has 0 radical (unpaired) electrons. The van der Waals surface area contributed by atoms with Crippen molar-refractivity contribution in [2.45, 2.75) is 32.6 Å². The molecule has 1 unspecified atom stereocenters. The third kappa shape index (κ3) is 2.52. The smallest absolute Gasteiger partial charge is 0.265 e. The molecule has 5 nitrogen and oxygen atoms in total. The maximum absolute atomic E-state index is 10.9. The highest BCUT2D eigenvalue weighted by Crippen LogP contribution is 2.26. The van der Waals surface area contributed by atoms with Crippen LogP contribution in [0.1, 0.15) is 25.2 Å². The standard InChI is InChI=1S/C10H16ClN3O2/c1-6(2)8(11)5-9-10(14(15)16)7(3)12-13(9)4/h6,8H,5H2,1-4H3. The van der Waals surface area contributed by atoms with Gasteiger partial charge in [-0.2, -0.15) is 5.10 Å². The molecule has 0 aliphatic carbocycles. The first-order chi connectivity index (χ1) is 7.34. The van der Waals surface area contributed by atoms with E-state index in [-0.39, 0.29) is 21.9 Å². The molecule has 90 valence electrons. The molecule has 0 N–H and O–H groups in total. The molecule has 1 heterocycles. The Morgan fingerprint density at radius 3 is 2.56 bits per heavy atom. The van der Waals surface area contributed by atoms with E-state index in [1.165, 1.54) is 0 Å². The minimum Gasteiger partial charge on any atom is -0.265 e. The van der Waals surface area contributed by atoms with E-state index in [1.54, 1.807) is 18.7 Å². The predicted octanol–water partition coefficient (Wildman–Crippen LogP) is 2.44. The molecule has 0 amide bonds. The maximum atomic E-state index is 10.9. The van der Waals surface area contributed by atoms with Crippen LogP contribution in [0.3, 0.4) is 0 Å². The molecule has 6 heteroatoms. The second-order valence-electron chi connectivity index (χ2n) is 4.23. The van der Waals surface area contributed by atoms with Crippen LogP contribution in [0.25, 0.3) is 0 Å². The summed E-state index contributed by atoms with van der Waals surface area (Å²) in [6, 6.07) is 0. The first kappa shape index (κ1) is 13.0. The molecule has 1 rings (SSSR count). The van der Waals surface area contributed by atoms with Gasteiger partial charge in [0.2, 0.25) is 0 Å². The summed E-state index contributed by atoms with van der Waals surface area (Å²) in [6.07, 6.45) is 0.465. The summed E-state index contributed by atoms with van der Waals surface area (Å²) < 4.78 is 1.55. The SMILES string of the molecule is Cc1nn(C)c(CC(Cl)C(C)C)c1[N+](=O)[O-]. The van der Waals surface area contributed by atoms with E-state index in [9.17, 15) is 10.1 Å². The van der Waals surface area contributed by atoms with Crippen molar-refractivity contribution in [2.75, 3.05) is 0 Å². The zero-order valence-electron chi connectivity index (χ0n) is 9.90. The van der Waals surface area contributed by atoms with Crippen molar-refractivity contribution in [2.24, 2.45) is 13.0 Å². The number of hydrogen-bond donors (Lipinski definition) is 0. The van der Waals surface area contributed by atoms with Crippen molar-refractivity contribution in [3.8, 4) is 0 Å². The van der Waals surface area contributed by atoms with Crippen LogP contribution in [0.4, 0.5) is 5.69 Å². The summed E-state index contributed by atoms with van der Waals surface area (Å²) in [6.45, 7) is 5.62. The molecule has 1 aromatic heterocycles. The maximum Gasteiger partial charge on any atom is 0.313 e. The first-order valence-corrected chi connectivity index (χ1v) is 5.59. The number of alkyl halides is 1. The molecule has 0 aliphatic rings. The summed E-state index contributed by atoms with van der Waals surface area (Å²) in [5.74, 6) is 0.275. The summed E-state index contributed by atoms with van der Waals surface area (Å²) in [7, 11) is 1.71. The van der Waals surface area contributed by atoms with E-state index in [1.807, 2.05) is 13.8 Å². The van der Waals surface area contributed by atoms with Gasteiger partial charge in [-0.25, -0.2) is 0 Å². The highest BCUT2D eigenvalue weighted by atomic mass is 35.5. The van der Waals surface area contributed by atoms with Crippen LogP contribution in [-0.2, 0) is 13.5 Å². The van der Waals surface area contributed by atoms with Gasteiger partial charge in [-0.3, -0.25) is 14.8 Å². The number of hydrogen-bond acceptors (Lipinski definition) is 3. The van der Waals surface area contributed by atoms with Gasteiger partial charge >= 0.3 is 5.69 Å². The number of aromatic nitrogens is 2. The molecule has 0 saturated carbocycles. The van der Waals surface area contributed by atoms with E-state index in [0.29, 0.717) is 17.8 Å². The van der Waals surface area contributed by atoms with Gasteiger partial charge in [-0.05, 0) is 12.8 Å². The fourth-order valence-electron chi connectivity index (χ4n) is 1.58. The lowest BCUT2D eigenvalue weighted by Gasteiger charge is -2.12. The van der Waals surface area contributed by atoms with E-state index in [0.717, 1.165) is 0 Å². The third-order valence-electron chi connectivity index (χ3n) is 2.60. The van der Waals surface area contributed by atoms with Gasteiger partial charge in [0.05, 0.1) is 4.92 Å². The van der Waals surface area contributed by atoms with Crippen molar-refractivity contribution >= 4 is 17.3 Å². The van der Waals surface area contributed by atoms with Crippen molar-refractivity contribution < 1.29 is 4.92 Å². The second kappa shape index (κ2) is 4.82. The van der Waals surface area contributed by atoms with Crippen molar-refractivity contribution in [3.63, 3.8) is 0 Å². The zero-order chi connectivity index (χ0) is 12.5. The predicted molar refractivity (Wildman–Crippen MR) is 62.8 cm³/mol. The Hall–Kier alpha value is -1.10. The Balaban J connectivity index is 3.07. The van der Waals surface area contributed by atoms with Crippen molar-refractivity contribution in [3.05, 3.63) is 21.5 Å². The Bertz CT molecular complexity index is 401. The van der Waals surface area contributed by atoms with Crippen LogP contribution >= 0.6 is 11.6 Å². The van der Waals surface area contributed by atoms with E-state index < -0.39 is 0 Å². The lowest BCUT2D eigenvalue weighted by molar-refractivity contribution is -0.386. The average molecular weight is 246 g/mol. The monoisotopic (exact) mass is 245 g/mol. The Morgan fingerprint density at radius 1 is 1.56 bits per heavy atom. The van der Waals surface area contributed by atoms with E-state index in [2.05, 4.69) is 5.10 Å². The number of aryl methyl sites for hydroxylation is 2. The van der Waals surface area contributed by atoms with Gasteiger partial charge in [0.1, 0.15) is 11.4 Å². The van der Waals surface area contributed by atoms with Crippen LogP contribution in [0.15, 0.2) is 0 Å². The van der Waals surface area contributed by atoms with Gasteiger partial charge in [0, 0.05) is 18.8 Å². The Kier molecular flexibility index (Phi) is 3.91. The number of nitrogens with zero attached hydrogens (tertiary/aromatic N) is 3. The number of nitro groups is 1. The van der Waals surface area contributed by atoms with E-state index in [4.69, 9.17) is 11.6 Å². The molecule has 1 aromatic rings. The van der Waals surface area contributed by atoms with Crippen LogP contribution in [0.2, 0.25) is 0 Å². The van der Waals surface area contributed by atoms with Gasteiger partial charge in [0.25, 0.3) is 0 Å². The molecule has 0 aliphatic heterocycles. The van der Waals surface area contributed by atoms with E-state index >= 15 is 0 Å². The molecule has 0 aromatic carbocycles. The lowest BCUT2D eigenvalue weighted by atomic mass is 10.0. The Morgan fingerprint density at radius 2 is 2.12 bits per heavy atom. The summed E-state index contributed by atoms with van der Waals surface area (Å²) in [4.78, 5) is 10.5. The van der Waals surface area contributed by atoms with Crippen molar-refractivity contribution in [1.29, 1.82) is 0 Å². The minimum atomic E-state index is -0.387. The Labute approximate surface area is 99.5 Å². The second-order valence-corrected chi connectivity index (χ2v) is 4.79. The molecule has 0 bridgehead atoms. The summed E-state index contributed by atoms with van der Waals surface area (Å²) >= 11 is 6.14. The highest BCUT2D eigenvalue weighted by Gasteiger charge is 2.26. The molecule has 0 fully saturated rings. The average Bonchev–Trinajstić information content (AvgIpc) is 2.41. The zero-order valence-corrected chi connectivity index (χ0v) is 10.7. The van der Waals surface area contributed by atoms with Crippen LogP contribution in [0, 0.1) is 23.0 Å². The largest absolute Gasteiger partial charge is 0.313 e. The third-order valence-corrected chi connectivity index (χ3v) is 3.26. The fraction of sp³-hybridized carbons (Fsp3) is 0.700. The molecule has 16 heavy (non-hydrogen) atoms. The first-order valence-electron chi connectivity index (χ1n) is 5.15. The van der Waals surface area contributed by atoms with Crippen LogP contribution < -0.4 is 0 Å². The molecular weight excluding hydrogens is 230 g/mol. The summed E-state index contributed by atoms with van der Waals surface area (Å²) in [5, 5.41) is 14.9. The molecule has 0 saturated heterocycles. The topological polar surface area (TPSA) is 61.0 Å². The molecule has 0 spiro atoms. The van der Waals surface area contributed by atoms with Gasteiger partial charge in [-0.1, -0.05) is 13.8 Å². The quantitative estimate of drug-likeness (QED) is 0.465. The fourth-order valence-corrected chi connectivity index (χ4v) is 1.73. The van der Waals surface area contributed by atoms with Gasteiger partial charge < -0.3 is 0 Å². The number of halogens is 1. The van der Waals surface area contributed by atoms with Gasteiger partial charge in [-0.15, -0.1) is 11.6 Å². The van der Waals surface area contributed by atoms with Crippen molar-refractivity contribution in [1.82, 2.24) is 9.78 Å². The molecular formula is C10H16ClN3O2. The van der Waals surface area contributed by atoms with Crippen LogP contribution in [0.5, 0.6) is 0 Å². The summed E-state index contributed by atoms with van der Waals surface area (Å²) in [5.41, 5.74) is 1.13. The number of rotatable bonds is 4. The minimum absolute atomic E-state index is 0.0915. The lowest BCUT2D eigenvalue weighted by Crippen LogP contribution is -2.14. The normalized spacial score (nSPS) is 13.1.